The molecule has 28 heavy (non-hydrogen) atoms. The van der Waals surface area contributed by atoms with E-state index in [1.807, 2.05) is 25.1 Å². The van der Waals surface area contributed by atoms with E-state index in [9.17, 15) is 5.26 Å². The van der Waals surface area contributed by atoms with Gasteiger partial charge in [-0.2, -0.15) is 5.26 Å². The van der Waals surface area contributed by atoms with Crippen LogP contribution in [-0.4, -0.2) is 20.5 Å². The van der Waals surface area contributed by atoms with E-state index < -0.39 is 5.92 Å². The van der Waals surface area contributed by atoms with Gasteiger partial charge in [-0.05, 0) is 46.6 Å². The van der Waals surface area contributed by atoms with Gasteiger partial charge in [0.25, 0.3) is 0 Å². The number of nitrogens with zero attached hydrogens (tertiary/aromatic N) is 1. The van der Waals surface area contributed by atoms with Crippen molar-refractivity contribution in [1.82, 2.24) is 0 Å². The van der Waals surface area contributed by atoms with Gasteiger partial charge in [-0.3, -0.25) is 0 Å². The molecule has 0 spiro atoms. The standard InChI is InChI=1S/C20H17BrN2O5/c1-3-25-17-5-10(4-13(21)19(17)24-2)18-11-6-15-16(27-9-26-15)7-14(11)28-20(23)12(18)8-22/h4-7,18H,3,9,23H2,1-2H3/t18-/m1/s1. The lowest BCUT2D eigenvalue weighted by Crippen LogP contribution is -2.21. The first kappa shape index (κ1) is 18.3. The molecule has 0 saturated carbocycles. The molecule has 0 aromatic heterocycles. The number of hydrogen-bond acceptors (Lipinski definition) is 7. The van der Waals surface area contributed by atoms with Crippen LogP contribution in [-0.2, 0) is 0 Å². The molecule has 0 aliphatic carbocycles. The van der Waals surface area contributed by atoms with E-state index in [1.165, 1.54) is 0 Å². The number of nitriles is 1. The quantitative estimate of drug-likeness (QED) is 0.765. The molecule has 0 fully saturated rings. The molecule has 2 aromatic rings. The molecule has 2 aliphatic heterocycles. The van der Waals surface area contributed by atoms with E-state index >= 15 is 0 Å². The maximum absolute atomic E-state index is 9.76. The van der Waals surface area contributed by atoms with Crippen LogP contribution in [0.25, 0.3) is 0 Å². The second-order valence-corrected chi connectivity index (χ2v) is 6.99. The fourth-order valence-corrected chi connectivity index (χ4v) is 4.03. The minimum absolute atomic E-state index is 0.0590. The number of nitrogens with two attached hydrogens (primary N) is 1. The third kappa shape index (κ3) is 2.88. The smallest absolute Gasteiger partial charge is 0.231 e. The van der Waals surface area contributed by atoms with Crippen LogP contribution in [0.3, 0.4) is 0 Å². The summed E-state index contributed by atoms with van der Waals surface area (Å²) < 4.78 is 28.5. The van der Waals surface area contributed by atoms with Gasteiger partial charge in [-0.1, -0.05) is 0 Å². The van der Waals surface area contributed by atoms with Crippen molar-refractivity contribution in [1.29, 1.82) is 5.26 Å². The largest absolute Gasteiger partial charge is 0.492 e. The average Bonchev–Trinajstić information content (AvgIpc) is 3.12. The third-order valence-electron chi connectivity index (χ3n) is 4.58. The van der Waals surface area contributed by atoms with E-state index in [-0.39, 0.29) is 12.7 Å². The molecule has 144 valence electrons. The molecule has 2 aromatic carbocycles. The van der Waals surface area contributed by atoms with Crippen molar-refractivity contribution in [2.24, 2.45) is 5.73 Å². The zero-order valence-corrected chi connectivity index (χ0v) is 16.8. The molecule has 2 N–H and O–H groups in total. The van der Waals surface area contributed by atoms with Crippen molar-refractivity contribution in [3.63, 3.8) is 0 Å². The fourth-order valence-electron chi connectivity index (χ4n) is 3.41. The fraction of sp³-hybridized carbons (Fsp3) is 0.250. The molecule has 2 heterocycles. The van der Waals surface area contributed by atoms with Gasteiger partial charge in [0.05, 0.1) is 24.1 Å². The number of hydrogen-bond donors (Lipinski definition) is 1. The maximum atomic E-state index is 9.76. The zero-order chi connectivity index (χ0) is 19.8. The summed E-state index contributed by atoms with van der Waals surface area (Å²) in [5.74, 6) is 2.46. The van der Waals surface area contributed by atoms with E-state index in [0.717, 1.165) is 11.1 Å². The van der Waals surface area contributed by atoms with Gasteiger partial charge in [0.15, 0.2) is 23.0 Å². The third-order valence-corrected chi connectivity index (χ3v) is 5.17. The highest BCUT2D eigenvalue weighted by atomic mass is 79.9. The lowest BCUT2D eigenvalue weighted by Gasteiger charge is -2.27. The summed E-state index contributed by atoms with van der Waals surface area (Å²) in [7, 11) is 1.57. The Bertz CT molecular complexity index is 1030. The zero-order valence-electron chi connectivity index (χ0n) is 15.2. The molecular weight excluding hydrogens is 428 g/mol. The Morgan fingerprint density at radius 2 is 1.96 bits per heavy atom. The Morgan fingerprint density at radius 1 is 1.21 bits per heavy atom. The van der Waals surface area contributed by atoms with Crippen molar-refractivity contribution >= 4 is 15.9 Å². The summed E-state index contributed by atoms with van der Waals surface area (Å²) in [5, 5.41) is 9.76. The number of rotatable bonds is 4. The summed E-state index contributed by atoms with van der Waals surface area (Å²) >= 11 is 3.53. The summed E-state index contributed by atoms with van der Waals surface area (Å²) in [6.45, 7) is 2.50. The maximum Gasteiger partial charge on any atom is 0.231 e. The normalized spacial score (nSPS) is 16.9. The molecule has 0 unspecified atom stereocenters. The lowest BCUT2D eigenvalue weighted by molar-refractivity contribution is 0.174. The molecule has 8 heteroatoms. The van der Waals surface area contributed by atoms with Crippen molar-refractivity contribution in [2.45, 2.75) is 12.8 Å². The van der Waals surface area contributed by atoms with Gasteiger partial charge in [-0.15, -0.1) is 0 Å². The summed E-state index contributed by atoms with van der Waals surface area (Å²) in [6, 6.07) is 9.47. The molecular formula is C20H17BrN2O5. The van der Waals surface area contributed by atoms with Crippen molar-refractivity contribution in [2.75, 3.05) is 20.5 Å². The van der Waals surface area contributed by atoms with Crippen molar-refractivity contribution < 1.29 is 23.7 Å². The van der Waals surface area contributed by atoms with Crippen LogP contribution in [0.4, 0.5) is 0 Å². The second kappa shape index (κ2) is 7.17. The second-order valence-electron chi connectivity index (χ2n) is 6.14. The minimum Gasteiger partial charge on any atom is -0.492 e. The van der Waals surface area contributed by atoms with Gasteiger partial charge in [0, 0.05) is 11.6 Å². The molecule has 2 aliphatic rings. The molecule has 0 bridgehead atoms. The Morgan fingerprint density at radius 3 is 2.64 bits per heavy atom. The molecule has 0 radical (unpaired) electrons. The Balaban J connectivity index is 1.92. The minimum atomic E-state index is -0.454. The predicted octanol–water partition coefficient (Wildman–Crippen LogP) is 3.80. The lowest BCUT2D eigenvalue weighted by atomic mass is 9.83. The first-order chi connectivity index (χ1) is 13.6. The number of fused-ring (bicyclic) bond motifs is 2. The summed E-state index contributed by atoms with van der Waals surface area (Å²) in [5.41, 5.74) is 7.94. The first-order valence-electron chi connectivity index (χ1n) is 8.58. The Labute approximate surface area is 170 Å². The Hall–Kier alpha value is -3.05. The van der Waals surface area contributed by atoms with Crippen LogP contribution in [0, 0.1) is 11.3 Å². The monoisotopic (exact) mass is 444 g/mol. The van der Waals surface area contributed by atoms with E-state index in [1.54, 1.807) is 13.2 Å². The molecule has 0 amide bonds. The number of benzene rings is 2. The first-order valence-corrected chi connectivity index (χ1v) is 9.38. The average molecular weight is 445 g/mol. The Kier molecular flexibility index (Phi) is 4.69. The van der Waals surface area contributed by atoms with Crippen LogP contribution >= 0.6 is 15.9 Å². The van der Waals surface area contributed by atoms with Gasteiger partial charge >= 0.3 is 0 Å². The van der Waals surface area contributed by atoms with Crippen molar-refractivity contribution in [3.05, 3.63) is 51.3 Å². The highest BCUT2D eigenvalue weighted by Crippen LogP contribution is 2.49. The number of halogens is 1. The van der Waals surface area contributed by atoms with E-state index in [2.05, 4.69) is 22.0 Å². The number of allylic oxidation sites excluding steroid dienone is 1. The van der Waals surface area contributed by atoms with Gasteiger partial charge in [0.1, 0.15) is 17.4 Å². The van der Waals surface area contributed by atoms with Gasteiger partial charge in [-0.25, -0.2) is 0 Å². The molecule has 0 saturated heterocycles. The number of methoxy groups -OCH3 is 1. The van der Waals surface area contributed by atoms with Crippen LogP contribution in [0.1, 0.15) is 24.0 Å². The highest BCUT2D eigenvalue weighted by Gasteiger charge is 2.34. The van der Waals surface area contributed by atoms with E-state index in [4.69, 9.17) is 29.4 Å². The van der Waals surface area contributed by atoms with Crippen LogP contribution in [0.2, 0.25) is 0 Å². The molecule has 7 nitrogen and oxygen atoms in total. The molecule has 4 rings (SSSR count). The topological polar surface area (TPSA) is 96.0 Å². The van der Waals surface area contributed by atoms with Crippen LogP contribution in [0.15, 0.2) is 40.2 Å². The number of ether oxygens (including phenoxy) is 5. The predicted molar refractivity (Wildman–Crippen MR) is 104 cm³/mol. The van der Waals surface area contributed by atoms with Gasteiger partial charge in [0.2, 0.25) is 12.7 Å². The van der Waals surface area contributed by atoms with Gasteiger partial charge < -0.3 is 29.4 Å². The molecule has 1 atom stereocenters. The summed E-state index contributed by atoms with van der Waals surface area (Å²) in [4.78, 5) is 0. The van der Waals surface area contributed by atoms with Crippen LogP contribution in [0.5, 0.6) is 28.7 Å². The highest BCUT2D eigenvalue weighted by molar-refractivity contribution is 9.10. The summed E-state index contributed by atoms with van der Waals surface area (Å²) in [6.07, 6.45) is 0. The van der Waals surface area contributed by atoms with Crippen molar-refractivity contribution in [3.8, 4) is 34.8 Å². The SMILES string of the molecule is CCOc1cc([C@H]2C(C#N)=C(N)Oc3cc4c(cc32)OCO4)cc(Br)c1OC. The van der Waals surface area contributed by atoms with Crippen LogP contribution < -0.4 is 29.4 Å². The van der Waals surface area contributed by atoms with E-state index in [0.29, 0.717) is 45.4 Å².